The van der Waals surface area contributed by atoms with Crippen LogP contribution in [0.4, 0.5) is 0 Å². The van der Waals surface area contributed by atoms with Crippen molar-refractivity contribution in [1.29, 1.82) is 0 Å². The molecular formula is C14H27BrN4. The molecule has 0 fully saturated rings. The Kier molecular flexibility index (Phi) is 6.02. The maximum absolute atomic E-state index is 4.37. The average Bonchev–Trinajstić information content (AvgIpc) is 2.69. The minimum atomic E-state index is 0.0896. The van der Waals surface area contributed by atoms with E-state index in [1.54, 1.807) is 0 Å². The summed E-state index contributed by atoms with van der Waals surface area (Å²) in [5.41, 5.74) is 1.31. The topological polar surface area (TPSA) is 33.1 Å². The second kappa shape index (κ2) is 6.86. The summed E-state index contributed by atoms with van der Waals surface area (Å²) in [5, 5.41) is 8.03. The van der Waals surface area contributed by atoms with Gasteiger partial charge in [0.05, 0.1) is 22.4 Å². The fraction of sp³-hybridized carbons (Fsp3) is 0.786. The molecule has 1 rings (SSSR count). The van der Waals surface area contributed by atoms with E-state index >= 15 is 0 Å². The van der Waals surface area contributed by atoms with Gasteiger partial charge in [-0.25, -0.2) is 0 Å². The molecule has 1 unspecified atom stereocenters. The van der Waals surface area contributed by atoms with Crippen LogP contribution in [0.5, 0.6) is 0 Å². The molecule has 0 radical (unpaired) electrons. The normalized spacial score (nSPS) is 14.1. The molecule has 0 aromatic carbocycles. The third-order valence-corrected chi connectivity index (χ3v) is 4.88. The molecule has 0 aliphatic heterocycles. The quantitative estimate of drug-likeness (QED) is 0.834. The van der Waals surface area contributed by atoms with Gasteiger partial charge in [0.15, 0.2) is 0 Å². The molecule has 5 heteroatoms. The fourth-order valence-electron chi connectivity index (χ4n) is 3.04. The van der Waals surface area contributed by atoms with Crippen molar-refractivity contribution in [2.75, 3.05) is 20.6 Å². The van der Waals surface area contributed by atoms with Gasteiger partial charge in [0.1, 0.15) is 0 Å². The fourth-order valence-corrected chi connectivity index (χ4v) is 3.62. The Labute approximate surface area is 125 Å². The highest BCUT2D eigenvalue weighted by Gasteiger charge is 2.40. The van der Waals surface area contributed by atoms with Crippen LogP contribution in [0.2, 0.25) is 0 Å². The number of aryl methyl sites for hydroxylation is 1. The van der Waals surface area contributed by atoms with Gasteiger partial charge in [-0.3, -0.25) is 4.68 Å². The first-order chi connectivity index (χ1) is 8.94. The molecule has 19 heavy (non-hydrogen) atoms. The third-order valence-electron chi connectivity index (χ3n) is 4.27. The van der Waals surface area contributed by atoms with Crippen molar-refractivity contribution in [3.8, 4) is 0 Å². The first kappa shape index (κ1) is 16.7. The standard InChI is InChI=1S/C14H27BrN4/c1-7-14(8-2,18(4)5)13(16-9-3)12-11(15)10-17-19(12)6/h10,13,16H,7-9H2,1-6H3. The number of likely N-dealkylation sites (N-methyl/N-ethyl adjacent to an activating group) is 2. The summed E-state index contributed by atoms with van der Waals surface area (Å²) in [4.78, 5) is 2.35. The lowest BCUT2D eigenvalue weighted by molar-refractivity contribution is 0.0849. The lowest BCUT2D eigenvalue weighted by Gasteiger charge is -2.45. The van der Waals surface area contributed by atoms with Gasteiger partial charge in [-0.05, 0) is 49.4 Å². The smallest absolute Gasteiger partial charge is 0.0711 e. The summed E-state index contributed by atoms with van der Waals surface area (Å²) in [6, 6.07) is 0.254. The Morgan fingerprint density at radius 1 is 1.37 bits per heavy atom. The molecule has 1 aromatic rings. The van der Waals surface area contributed by atoms with E-state index in [9.17, 15) is 0 Å². The van der Waals surface area contributed by atoms with Gasteiger partial charge in [-0.1, -0.05) is 20.8 Å². The van der Waals surface area contributed by atoms with Crippen LogP contribution in [0.15, 0.2) is 10.7 Å². The van der Waals surface area contributed by atoms with Crippen LogP contribution in [-0.2, 0) is 7.05 Å². The minimum absolute atomic E-state index is 0.0896. The van der Waals surface area contributed by atoms with Crippen molar-refractivity contribution in [3.05, 3.63) is 16.4 Å². The molecule has 0 amide bonds. The molecule has 0 saturated carbocycles. The molecule has 0 saturated heterocycles. The van der Waals surface area contributed by atoms with Gasteiger partial charge < -0.3 is 10.2 Å². The zero-order valence-corrected chi connectivity index (χ0v) is 14.6. The van der Waals surface area contributed by atoms with E-state index in [-0.39, 0.29) is 11.6 Å². The Bertz CT molecular complexity index is 377. The van der Waals surface area contributed by atoms with Gasteiger partial charge in [0.25, 0.3) is 0 Å². The average molecular weight is 331 g/mol. The van der Waals surface area contributed by atoms with Crippen molar-refractivity contribution in [2.45, 2.75) is 45.2 Å². The minimum Gasteiger partial charge on any atom is -0.307 e. The van der Waals surface area contributed by atoms with Crippen molar-refractivity contribution in [1.82, 2.24) is 20.0 Å². The first-order valence-corrected chi connectivity index (χ1v) is 7.82. The zero-order chi connectivity index (χ0) is 14.6. The number of nitrogens with zero attached hydrogens (tertiary/aromatic N) is 3. The molecule has 1 heterocycles. The summed E-state index contributed by atoms with van der Waals surface area (Å²) in [7, 11) is 6.35. The summed E-state index contributed by atoms with van der Waals surface area (Å²) >= 11 is 3.65. The van der Waals surface area contributed by atoms with Gasteiger partial charge in [0.2, 0.25) is 0 Å². The summed E-state index contributed by atoms with van der Waals surface area (Å²) < 4.78 is 3.05. The van der Waals surface area contributed by atoms with Crippen molar-refractivity contribution < 1.29 is 0 Å². The summed E-state index contributed by atoms with van der Waals surface area (Å²) in [6.45, 7) is 7.62. The highest BCUT2D eigenvalue weighted by Crippen LogP contribution is 2.38. The van der Waals surface area contributed by atoms with Crippen LogP contribution >= 0.6 is 15.9 Å². The largest absolute Gasteiger partial charge is 0.307 e. The van der Waals surface area contributed by atoms with Crippen LogP contribution in [0.1, 0.15) is 45.3 Å². The molecular weight excluding hydrogens is 304 g/mol. The first-order valence-electron chi connectivity index (χ1n) is 7.02. The number of aromatic nitrogens is 2. The van der Waals surface area contributed by atoms with Gasteiger partial charge in [-0.2, -0.15) is 5.10 Å². The molecule has 1 aromatic heterocycles. The van der Waals surface area contributed by atoms with E-state index in [1.807, 2.05) is 17.9 Å². The molecule has 0 aliphatic carbocycles. The van der Waals surface area contributed by atoms with E-state index < -0.39 is 0 Å². The molecule has 0 spiro atoms. The van der Waals surface area contributed by atoms with E-state index in [2.05, 4.69) is 66.1 Å². The van der Waals surface area contributed by atoms with Crippen molar-refractivity contribution >= 4 is 15.9 Å². The molecule has 110 valence electrons. The van der Waals surface area contributed by atoms with E-state index in [0.717, 1.165) is 23.9 Å². The Morgan fingerprint density at radius 2 is 1.95 bits per heavy atom. The zero-order valence-electron chi connectivity index (χ0n) is 13.0. The summed E-state index contributed by atoms with van der Waals surface area (Å²) in [6.07, 6.45) is 4.06. The maximum Gasteiger partial charge on any atom is 0.0711 e. The predicted octanol–water partition coefficient (Wildman–Crippen LogP) is 2.95. The lowest BCUT2D eigenvalue weighted by Crippen LogP contribution is -2.53. The highest BCUT2D eigenvalue weighted by molar-refractivity contribution is 9.10. The number of halogens is 1. The van der Waals surface area contributed by atoms with Crippen molar-refractivity contribution in [2.24, 2.45) is 7.05 Å². The molecule has 4 nitrogen and oxygen atoms in total. The van der Waals surface area contributed by atoms with Crippen LogP contribution in [0.25, 0.3) is 0 Å². The second-order valence-corrected chi connectivity index (χ2v) is 6.05. The SMILES string of the molecule is CCNC(c1c(Br)cnn1C)C(CC)(CC)N(C)C. The number of rotatable bonds is 7. The van der Waals surface area contributed by atoms with Crippen molar-refractivity contribution in [3.63, 3.8) is 0 Å². The van der Waals surface area contributed by atoms with Gasteiger partial charge in [-0.15, -0.1) is 0 Å². The predicted molar refractivity (Wildman–Crippen MR) is 84.3 cm³/mol. The molecule has 0 bridgehead atoms. The highest BCUT2D eigenvalue weighted by atomic mass is 79.9. The Morgan fingerprint density at radius 3 is 2.26 bits per heavy atom. The van der Waals surface area contributed by atoms with Crippen LogP contribution in [-0.4, -0.2) is 40.9 Å². The van der Waals surface area contributed by atoms with Crippen LogP contribution < -0.4 is 5.32 Å². The molecule has 0 aliphatic rings. The van der Waals surface area contributed by atoms with Gasteiger partial charge >= 0.3 is 0 Å². The van der Waals surface area contributed by atoms with E-state index in [1.165, 1.54) is 5.69 Å². The molecule has 1 atom stereocenters. The Hall–Kier alpha value is -0.390. The second-order valence-electron chi connectivity index (χ2n) is 5.20. The lowest BCUT2D eigenvalue weighted by atomic mass is 9.81. The summed E-state index contributed by atoms with van der Waals surface area (Å²) in [5.74, 6) is 0. The number of nitrogens with one attached hydrogen (secondary N) is 1. The monoisotopic (exact) mass is 330 g/mol. The Balaban J connectivity index is 3.33. The number of hydrogen-bond donors (Lipinski definition) is 1. The number of hydrogen-bond acceptors (Lipinski definition) is 3. The van der Waals surface area contributed by atoms with Crippen LogP contribution in [0, 0.1) is 0 Å². The maximum atomic E-state index is 4.37. The van der Waals surface area contributed by atoms with E-state index in [0.29, 0.717) is 0 Å². The third kappa shape index (κ3) is 3.03. The van der Waals surface area contributed by atoms with E-state index in [4.69, 9.17) is 0 Å². The van der Waals surface area contributed by atoms with Gasteiger partial charge in [0, 0.05) is 12.6 Å². The van der Waals surface area contributed by atoms with Crippen LogP contribution in [0.3, 0.4) is 0 Å². The molecule has 1 N–H and O–H groups in total.